The van der Waals surface area contributed by atoms with Crippen molar-refractivity contribution in [1.82, 2.24) is 34.4 Å². The first kappa shape index (κ1) is 24.9. The Morgan fingerprint density at radius 1 is 1.06 bits per heavy atom. The van der Waals surface area contributed by atoms with E-state index in [-0.39, 0.29) is 5.91 Å². The summed E-state index contributed by atoms with van der Waals surface area (Å²) in [6, 6.07) is 0. The molecule has 2 aromatic rings. The van der Waals surface area contributed by atoms with Crippen molar-refractivity contribution in [3.05, 3.63) is 0 Å². The number of piperidine rings is 1. The number of carbonyl (C=O) groups is 1. The maximum Gasteiger partial charge on any atom is 0.261 e. The second-order valence-corrected chi connectivity index (χ2v) is 10.1. The number of fused-ring (bicyclic) bond motifs is 1. The molecule has 0 radical (unpaired) electrons. The van der Waals surface area contributed by atoms with Crippen molar-refractivity contribution >= 4 is 35.3 Å². The molecule has 2 N–H and O–H groups in total. The van der Waals surface area contributed by atoms with Gasteiger partial charge in [-0.05, 0) is 46.5 Å². The molecule has 2 unspecified atom stereocenters. The van der Waals surface area contributed by atoms with E-state index in [1.165, 1.54) is 11.8 Å². The lowest BCUT2D eigenvalue weighted by molar-refractivity contribution is -0.130. The van der Waals surface area contributed by atoms with Crippen molar-refractivity contribution in [3.8, 4) is 0 Å². The van der Waals surface area contributed by atoms with Crippen LogP contribution in [0.25, 0.3) is 5.78 Å². The molecule has 1 amide bonds. The molecule has 2 saturated heterocycles. The highest BCUT2D eigenvalue weighted by atomic mass is 32.2. The Bertz CT molecular complexity index is 953. The van der Waals surface area contributed by atoms with Gasteiger partial charge in [-0.25, -0.2) is 4.40 Å². The molecule has 0 bridgehead atoms. The van der Waals surface area contributed by atoms with Crippen molar-refractivity contribution in [1.29, 1.82) is 0 Å². The lowest BCUT2D eigenvalue weighted by Crippen LogP contribution is -2.48. The number of aromatic nitrogens is 5. The van der Waals surface area contributed by atoms with E-state index in [2.05, 4.69) is 49.5 Å². The molecule has 2 atom stereocenters. The summed E-state index contributed by atoms with van der Waals surface area (Å²) in [4.78, 5) is 26.4. The summed E-state index contributed by atoms with van der Waals surface area (Å²) in [5.74, 6) is 2.70. The van der Waals surface area contributed by atoms with Crippen LogP contribution in [-0.2, 0) is 9.53 Å². The predicted octanol–water partition coefficient (Wildman–Crippen LogP) is 1.82. The number of thioether (sulfide) groups is 1. The number of hydrogen-bond acceptors (Lipinski definition) is 10. The van der Waals surface area contributed by atoms with Crippen LogP contribution < -0.4 is 10.6 Å². The van der Waals surface area contributed by atoms with Crippen LogP contribution in [-0.4, -0.2) is 104 Å². The number of nitrogens with one attached hydrogen (secondary N) is 2. The molecular formula is C22H37N9O2S. The van der Waals surface area contributed by atoms with E-state index in [9.17, 15) is 4.79 Å². The molecule has 11 nitrogen and oxygen atoms in total. The Hall–Kier alpha value is -2.18. The minimum atomic E-state index is 0.143. The van der Waals surface area contributed by atoms with E-state index in [0.717, 1.165) is 45.6 Å². The zero-order valence-electron chi connectivity index (χ0n) is 20.7. The van der Waals surface area contributed by atoms with Crippen LogP contribution >= 0.6 is 11.8 Å². The van der Waals surface area contributed by atoms with Crippen molar-refractivity contribution < 1.29 is 9.53 Å². The van der Waals surface area contributed by atoms with Crippen LogP contribution in [0.5, 0.6) is 0 Å². The van der Waals surface area contributed by atoms with Gasteiger partial charge in [0.2, 0.25) is 17.8 Å². The zero-order valence-corrected chi connectivity index (χ0v) is 21.5. The molecule has 0 saturated carbocycles. The fourth-order valence-electron chi connectivity index (χ4n) is 4.78. The SMILES string of the molecule is CCNc1nc(NCC)n2c(SCC(=O)N3CCC(CN4CC(C)OC(C)C4)CC3)nnc2n1. The van der Waals surface area contributed by atoms with Crippen LogP contribution in [0.1, 0.15) is 40.5 Å². The molecule has 188 valence electrons. The summed E-state index contributed by atoms with van der Waals surface area (Å²) in [5.41, 5.74) is 0. The number of carbonyl (C=O) groups excluding carboxylic acids is 1. The molecule has 34 heavy (non-hydrogen) atoms. The normalized spacial score (nSPS) is 22.3. The second-order valence-electron chi connectivity index (χ2n) is 9.14. The molecule has 0 aromatic carbocycles. The van der Waals surface area contributed by atoms with Crippen LogP contribution in [0.15, 0.2) is 5.16 Å². The molecule has 12 heteroatoms. The van der Waals surface area contributed by atoms with E-state index in [0.29, 0.717) is 59.8 Å². The number of amides is 1. The number of ether oxygens (including phenoxy) is 1. The fraction of sp³-hybridized carbons (Fsp3) is 0.773. The largest absolute Gasteiger partial charge is 0.373 e. The summed E-state index contributed by atoms with van der Waals surface area (Å²) in [5, 5.41) is 15.4. The van der Waals surface area contributed by atoms with Gasteiger partial charge in [0.05, 0.1) is 18.0 Å². The Labute approximate surface area is 205 Å². The third-order valence-corrected chi connectivity index (χ3v) is 7.13. The van der Waals surface area contributed by atoms with Gasteiger partial charge < -0.3 is 20.3 Å². The lowest BCUT2D eigenvalue weighted by Gasteiger charge is -2.39. The first-order valence-electron chi connectivity index (χ1n) is 12.4. The van der Waals surface area contributed by atoms with Crippen molar-refractivity contribution in [3.63, 3.8) is 0 Å². The van der Waals surface area contributed by atoms with Crippen LogP contribution in [0.3, 0.4) is 0 Å². The predicted molar refractivity (Wildman–Crippen MR) is 133 cm³/mol. The standard InChI is InChI=1S/C22H37N9O2S/c1-5-23-19-25-20(24-6-2)31-21(26-19)27-28-22(31)34-14-18(32)30-9-7-17(8-10-30)13-29-11-15(3)33-16(4)12-29/h15-17H,5-14H2,1-4H3,(H2,23,24,25,26,27). The summed E-state index contributed by atoms with van der Waals surface area (Å²) in [6.45, 7) is 14.4. The maximum absolute atomic E-state index is 12.9. The smallest absolute Gasteiger partial charge is 0.261 e. The Balaban J connectivity index is 1.30. The molecular weight excluding hydrogens is 454 g/mol. The molecule has 2 aromatic heterocycles. The van der Waals surface area contributed by atoms with Gasteiger partial charge in [0, 0.05) is 45.8 Å². The Morgan fingerprint density at radius 3 is 2.44 bits per heavy atom. The maximum atomic E-state index is 12.9. The number of rotatable bonds is 9. The minimum absolute atomic E-state index is 0.143. The van der Waals surface area contributed by atoms with Gasteiger partial charge in [0.1, 0.15) is 0 Å². The van der Waals surface area contributed by atoms with Crippen molar-refractivity contribution in [2.45, 2.75) is 57.9 Å². The monoisotopic (exact) mass is 491 g/mol. The van der Waals surface area contributed by atoms with Crippen molar-refractivity contribution in [2.24, 2.45) is 5.92 Å². The van der Waals surface area contributed by atoms with Gasteiger partial charge >= 0.3 is 0 Å². The Kier molecular flexibility index (Phi) is 8.43. The molecule has 2 aliphatic rings. The summed E-state index contributed by atoms with van der Waals surface area (Å²) < 4.78 is 7.63. The van der Waals surface area contributed by atoms with Crippen LogP contribution in [0.2, 0.25) is 0 Å². The number of likely N-dealkylation sites (tertiary alicyclic amines) is 1. The summed E-state index contributed by atoms with van der Waals surface area (Å²) in [7, 11) is 0. The molecule has 4 rings (SSSR count). The number of hydrogen-bond donors (Lipinski definition) is 2. The van der Waals surface area contributed by atoms with E-state index in [1.54, 1.807) is 4.40 Å². The topological polar surface area (TPSA) is 113 Å². The van der Waals surface area contributed by atoms with Gasteiger partial charge in [0.15, 0.2) is 5.16 Å². The number of nitrogens with zero attached hydrogens (tertiary/aromatic N) is 7. The quantitative estimate of drug-likeness (QED) is 0.504. The number of anilines is 2. The van der Waals surface area contributed by atoms with E-state index in [4.69, 9.17) is 4.74 Å². The van der Waals surface area contributed by atoms with Crippen molar-refractivity contribution in [2.75, 3.05) is 62.2 Å². The van der Waals surface area contributed by atoms with Gasteiger partial charge in [-0.3, -0.25) is 9.69 Å². The van der Waals surface area contributed by atoms with E-state index in [1.807, 2.05) is 18.7 Å². The lowest BCUT2D eigenvalue weighted by atomic mass is 9.95. The van der Waals surface area contributed by atoms with E-state index >= 15 is 0 Å². The molecule has 0 spiro atoms. The first-order chi connectivity index (χ1) is 16.5. The molecule has 2 fully saturated rings. The van der Waals surface area contributed by atoms with Crippen LogP contribution in [0.4, 0.5) is 11.9 Å². The van der Waals surface area contributed by atoms with Gasteiger partial charge in [-0.1, -0.05) is 11.8 Å². The molecule has 2 aliphatic heterocycles. The van der Waals surface area contributed by atoms with Gasteiger partial charge in [0.25, 0.3) is 5.78 Å². The Morgan fingerprint density at radius 2 is 1.76 bits per heavy atom. The van der Waals surface area contributed by atoms with Gasteiger partial charge in [-0.2, -0.15) is 9.97 Å². The highest BCUT2D eigenvalue weighted by Gasteiger charge is 2.28. The van der Waals surface area contributed by atoms with Gasteiger partial charge in [-0.15, -0.1) is 10.2 Å². The molecule has 0 aliphatic carbocycles. The highest BCUT2D eigenvalue weighted by molar-refractivity contribution is 7.99. The zero-order chi connectivity index (χ0) is 24.1. The third kappa shape index (κ3) is 6.08. The number of morpholine rings is 1. The average molecular weight is 492 g/mol. The average Bonchev–Trinajstić information content (AvgIpc) is 3.21. The minimum Gasteiger partial charge on any atom is -0.373 e. The van der Waals surface area contributed by atoms with Crippen LogP contribution in [0, 0.1) is 5.92 Å². The fourth-order valence-corrected chi connectivity index (χ4v) is 5.61. The first-order valence-corrected chi connectivity index (χ1v) is 13.3. The highest BCUT2D eigenvalue weighted by Crippen LogP contribution is 2.24. The second kappa shape index (κ2) is 11.5. The third-order valence-electron chi connectivity index (χ3n) is 6.22. The van der Waals surface area contributed by atoms with E-state index < -0.39 is 0 Å². The summed E-state index contributed by atoms with van der Waals surface area (Å²) in [6.07, 6.45) is 2.69. The molecule has 4 heterocycles. The summed E-state index contributed by atoms with van der Waals surface area (Å²) >= 11 is 1.38.